The molecule has 0 bridgehead atoms. The highest BCUT2D eigenvalue weighted by Gasteiger charge is 2.53. The molecule has 0 unspecified atom stereocenters. The average molecular weight is 473 g/mol. The fraction of sp³-hybridized carbons (Fsp3) is 0.381. The number of ether oxygens (including phenoxy) is 2. The average Bonchev–Trinajstić information content (AvgIpc) is 2.74. The highest BCUT2D eigenvalue weighted by molar-refractivity contribution is 7.93. The lowest BCUT2D eigenvalue weighted by Crippen LogP contribution is -2.54. The number of likely N-dealkylation sites (tertiary alicyclic amines) is 1. The summed E-state index contributed by atoms with van der Waals surface area (Å²) in [5, 5.41) is 9.78. The number of alkyl halides is 3. The number of halogens is 3. The van der Waals surface area contributed by atoms with E-state index in [1.54, 1.807) is 0 Å². The SMILES string of the molecule is CCN1CCC(C(=O)O)(S(=O)(=O)c2ccc(Oc3ccc(OC(F)(F)F)cc3)cc2)CC1. The molecule has 2 aromatic rings. The normalized spacial score (nSPS) is 17.0. The Hall–Kier alpha value is -2.79. The fourth-order valence-corrected chi connectivity index (χ4v) is 5.48. The molecule has 0 atom stereocenters. The maximum Gasteiger partial charge on any atom is 0.573 e. The van der Waals surface area contributed by atoms with Gasteiger partial charge in [0.15, 0.2) is 14.6 Å². The summed E-state index contributed by atoms with van der Waals surface area (Å²) in [7, 11) is -4.17. The van der Waals surface area contributed by atoms with Crippen molar-refractivity contribution in [2.45, 2.75) is 35.8 Å². The van der Waals surface area contributed by atoms with Crippen LogP contribution in [0.2, 0.25) is 0 Å². The molecule has 0 amide bonds. The van der Waals surface area contributed by atoms with Crippen LogP contribution in [0.3, 0.4) is 0 Å². The first-order chi connectivity index (χ1) is 15.0. The van der Waals surface area contributed by atoms with Crippen LogP contribution in [0.1, 0.15) is 19.8 Å². The highest BCUT2D eigenvalue weighted by atomic mass is 32.2. The minimum atomic E-state index is -4.80. The standard InChI is InChI=1S/C21H22F3NO6S/c1-2-25-13-11-20(12-14-25,19(26)27)32(28,29)18-9-7-16(8-10-18)30-15-3-5-17(6-4-15)31-21(22,23)24/h3-10H,2,11-14H2,1H3,(H,26,27). The second-order valence-electron chi connectivity index (χ2n) is 7.33. The number of piperidine rings is 1. The van der Waals surface area contributed by atoms with Gasteiger partial charge in [-0.05, 0) is 67.9 Å². The van der Waals surface area contributed by atoms with Gasteiger partial charge in [-0.25, -0.2) is 8.42 Å². The van der Waals surface area contributed by atoms with E-state index in [0.717, 1.165) is 12.1 Å². The summed E-state index contributed by atoms with van der Waals surface area (Å²) < 4.78 is 70.5. The molecule has 0 saturated carbocycles. The molecule has 1 heterocycles. The van der Waals surface area contributed by atoms with Gasteiger partial charge in [-0.3, -0.25) is 4.79 Å². The molecule has 7 nitrogen and oxygen atoms in total. The second-order valence-corrected chi connectivity index (χ2v) is 9.59. The monoisotopic (exact) mass is 473 g/mol. The number of sulfone groups is 1. The van der Waals surface area contributed by atoms with Crippen molar-refractivity contribution in [3.8, 4) is 17.2 Å². The lowest BCUT2D eigenvalue weighted by molar-refractivity contribution is -0.274. The predicted molar refractivity (Wildman–Crippen MR) is 109 cm³/mol. The summed E-state index contributed by atoms with van der Waals surface area (Å²) in [4.78, 5) is 13.9. The van der Waals surface area contributed by atoms with E-state index < -0.39 is 32.7 Å². The van der Waals surface area contributed by atoms with E-state index in [2.05, 4.69) is 4.74 Å². The van der Waals surface area contributed by atoms with Crippen LogP contribution in [0.4, 0.5) is 13.2 Å². The first-order valence-electron chi connectivity index (χ1n) is 9.81. The molecule has 0 spiro atoms. The predicted octanol–water partition coefficient (Wildman–Crippen LogP) is 4.09. The number of carboxylic acids is 1. The summed E-state index contributed by atoms with van der Waals surface area (Å²) in [6.45, 7) is 3.39. The van der Waals surface area contributed by atoms with Gasteiger partial charge in [0.05, 0.1) is 4.90 Å². The molecule has 174 valence electrons. The molecule has 0 radical (unpaired) electrons. The van der Waals surface area contributed by atoms with Crippen LogP contribution < -0.4 is 9.47 Å². The maximum absolute atomic E-state index is 13.2. The number of carbonyl (C=O) groups is 1. The Kier molecular flexibility index (Phi) is 6.70. The number of rotatable bonds is 7. The van der Waals surface area contributed by atoms with E-state index in [9.17, 15) is 31.5 Å². The van der Waals surface area contributed by atoms with Crippen molar-refractivity contribution in [2.75, 3.05) is 19.6 Å². The lowest BCUT2D eigenvalue weighted by atomic mass is 9.96. The Morgan fingerprint density at radius 2 is 1.47 bits per heavy atom. The van der Waals surface area contributed by atoms with Crippen molar-refractivity contribution < 1.29 is 41.0 Å². The molecule has 32 heavy (non-hydrogen) atoms. The zero-order chi connectivity index (χ0) is 23.6. The van der Waals surface area contributed by atoms with Gasteiger partial charge >= 0.3 is 12.3 Å². The third kappa shape index (κ3) is 4.99. The van der Waals surface area contributed by atoms with Gasteiger partial charge in [0, 0.05) is 13.1 Å². The molecular weight excluding hydrogens is 451 g/mol. The van der Waals surface area contributed by atoms with E-state index in [1.807, 2.05) is 11.8 Å². The van der Waals surface area contributed by atoms with Crippen molar-refractivity contribution in [1.29, 1.82) is 0 Å². The van der Waals surface area contributed by atoms with Crippen LogP contribution in [0, 0.1) is 0 Å². The molecule has 2 aromatic carbocycles. The molecule has 0 aliphatic carbocycles. The zero-order valence-electron chi connectivity index (χ0n) is 17.1. The topological polar surface area (TPSA) is 93.1 Å². The number of benzene rings is 2. The van der Waals surface area contributed by atoms with E-state index in [-0.39, 0.29) is 29.2 Å². The van der Waals surface area contributed by atoms with Gasteiger partial charge in [-0.2, -0.15) is 0 Å². The number of aliphatic carboxylic acids is 1. The van der Waals surface area contributed by atoms with Crippen molar-refractivity contribution in [1.82, 2.24) is 4.90 Å². The van der Waals surface area contributed by atoms with Gasteiger partial charge in [-0.1, -0.05) is 6.92 Å². The number of hydrogen-bond donors (Lipinski definition) is 1. The summed E-state index contributed by atoms with van der Waals surface area (Å²) in [6, 6.07) is 9.97. The molecule has 1 aliphatic rings. The van der Waals surface area contributed by atoms with Crippen molar-refractivity contribution in [3.63, 3.8) is 0 Å². The number of hydrogen-bond acceptors (Lipinski definition) is 6. The van der Waals surface area contributed by atoms with Crippen molar-refractivity contribution >= 4 is 15.8 Å². The lowest BCUT2D eigenvalue weighted by Gasteiger charge is -2.37. The van der Waals surface area contributed by atoms with Gasteiger partial charge < -0.3 is 19.5 Å². The first-order valence-corrected chi connectivity index (χ1v) is 11.3. The Bertz CT molecular complexity index is 1040. The van der Waals surface area contributed by atoms with Crippen LogP contribution in [0.5, 0.6) is 17.2 Å². The van der Waals surface area contributed by atoms with E-state index in [0.29, 0.717) is 19.6 Å². The van der Waals surface area contributed by atoms with Crippen molar-refractivity contribution in [2.24, 2.45) is 0 Å². The molecular formula is C21H22F3NO6S. The Morgan fingerprint density at radius 3 is 1.91 bits per heavy atom. The van der Waals surface area contributed by atoms with Gasteiger partial charge in [0.2, 0.25) is 0 Å². The molecule has 11 heteroatoms. The fourth-order valence-electron chi connectivity index (χ4n) is 3.59. The van der Waals surface area contributed by atoms with E-state index in [1.165, 1.54) is 36.4 Å². The van der Waals surface area contributed by atoms with Crippen LogP contribution >= 0.6 is 0 Å². The number of nitrogens with zero attached hydrogens (tertiary/aromatic N) is 1. The largest absolute Gasteiger partial charge is 0.573 e. The van der Waals surface area contributed by atoms with Crippen LogP contribution in [-0.4, -0.2) is 55.1 Å². The smallest absolute Gasteiger partial charge is 0.480 e. The summed E-state index contributed by atoms with van der Waals surface area (Å²) >= 11 is 0. The third-order valence-corrected chi connectivity index (χ3v) is 7.95. The molecule has 0 aromatic heterocycles. The second kappa shape index (κ2) is 8.99. The molecule has 1 saturated heterocycles. The quantitative estimate of drug-likeness (QED) is 0.647. The summed E-state index contributed by atoms with van der Waals surface area (Å²) in [5.74, 6) is -1.32. The molecule has 1 fully saturated rings. The van der Waals surface area contributed by atoms with Gasteiger partial charge in [-0.15, -0.1) is 13.2 Å². The molecule has 3 rings (SSSR count). The van der Waals surface area contributed by atoms with Crippen molar-refractivity contribution in [3.05, 3.63) is 48.5 Å². The highest BCUT2D eigenvalue weighted by Crippen LogP contribution is 2.37. The van der Waals surface area contributed by atoms with E-state index in [4.69, 9.17) is 4.74 Å². The minimum absolute atomic E-state index is 0.0108. The first kappa shape index (κ1) is 23.9. The van der Waals surface area contributed by atoms with E-state index >= 15 is 0 Å². The minimum Gasteiger partial charge on any atom is -0.480 e. The Labute approximate surface area is 183 Å². The molecule has 1 N–H and O–H groups in total. The van der Waals surface area contributed by atoms with Crippen LogP contribution in [0.25, 0.3) is 0 Å². The van der Waals surface area contributed by atoms with Gasteiger partial charge in [0.1, 0.15) is 17.2 Å². The maximum atomic E-state index is 13.2. The van der Waals surface area contributed by atoms with Gasteiger partial charge in [0.25, 0.3) is 0 Å². The number of carboxylic acid groups (broad SMARTS) is 1. The summed E-state index contributed by atoms with van der Waals surface area (Å²) in [6.07, 6.45) is -4.82. The molecule has 1 aliphatic heterocycles. The Balaban J connectivity index is 1.76. The Morgan fingerprint density at radius 1 is 1.00 bits per heavy atom. The zero-order valence-corrected chi connectivity index (χ0v) is 17.9. The summed E-state index contributed by atoms with van der Waals surface area (Å²) in [5.41, 5.74) is 0. The van der Waals surface area contributed by atoms with Crippen LogP contribution in [0.15, 0.2) is 53.4 Å². The van der Waals surface area contributed by atoms with Crippen LogP contribution in [-0.2, 0) is 14.6 Å². The third-order valence-electron chi connectivity index (χ3n) is 5.44.